The lowest BCUT2D eigenvalue weighted by Crippen LogP contribution is -2.41. The maximum absolute atomic E-state index is 11.8. The van der Waals surface area contributed by atoms with Gasteiger partial charge in [0.05, 0.1) is 28.0 Å². The molecule has 5 rings (SSSR count). The molecule has 0 saturated heterocycles. The van der Waals surface area contributed by atoms with Crippen LogP contribution in [0, 0.1) is 11.3 Å². The summed E-state index contributed by atoms with van der Waals surface area (Å²) in [6.07, 6.45) is 6.75. The molecule has 0 unspecified atom stereocenters. The maximum Gasteiger partial charge on any atom is 0.224 e. The Bertz CT molecular complexity index is 1280. The van der Waals surface area contributed by atoms with Gasteiger partial charge in [-0.3, -0.25) is 9.36 Å². The summed E-state index contributed by atoms with van der Waals surface area (Å²) in [6, 6.07) is 5.47. The van der Waals surface area contributed by atoms with Crippen LogP contribution in [-0.2, 0) is 4.79 Å². The third-order valence-electron chi connectivity index (χ3n) is 7.98. The topological polar surface area (TPSA) is 131 Å². The van der Waals surface area contributed by atoms with Crippen LogP contribution < -0.4 is 16.4 Å². The Hall–Kier alpha value is -2.62. The van der Waals surface area contributed by atoms with Gasteiger partial charge in [0.25, 0.3) is 0 Å². The van der Waals surface area contributed by atoms with Crippen molar-refractivity contribution in [3.8, 4) is 0 Å². The van der Waals surface area contributed by atoms with Gasteiger partial charge >= 0.3 is 0 Å². The van der Waals surface area contributed by atoms with Gasteiger partial charge in [0, 0.05) is 18.0 Å². The minimum absolute atomic E-state index is 0.0596. The third kappa shape index (κ3) is 5.35. The second-order valence-corrected chi connectivity index (χ2v) is 11.8. The first-order valence-electron chi connectivity index (χ1n) is 12.8. The molecular weight excluding hydrogens is 513 g/mol. The third-order valence-corrected chi connectivity index (χ3v) is 8.61. The van der Waals surface area contributed by atoms with Gasteiger partial charge in [0.2, 0.25) is 17.8 Å². The number of aromatic nitrogens is 4. The maximum atomic E-state index is 11.8. The second kappa shape index (κ2) is 10.3. The monoisotopic (exact) mass is 545 g/mol. The molecule has 0 bridgehead atoms. The number of nitrogens with two attached hydrogens (primary N) is 1. The molecule has 198 valence electrons. The number of nitrogens with one attached hydrogen (secondary N) is 2. The van der Waals surface area contributed by atoms with E-state index < -0.39 is 0 Å². The number of amides is 1. The number of rotatable bonds is 6. The van der Waals surface area contributed by atoms with Crippen molar-refractivity contribution < 1.29 is 9.90 Å². The normalized spacial score (nSPS) is 25.6. The number of hydrogen-bond donors (Lipinski definition) is 4. The number of fused-ring (bicyclic) bond motifs is 1. The van der Waals surface area contributed by atoms with Gasteiger partial charge in [-0.2, -0.15) is 4.98 Å². The van der Waals surface area contributed by atoms with Crippen LogP contribution in [0.4, 0.5) is 17.6 Å². The summed E-state index contributed by atoms with van der Waals surface area (Å²) in [5.74, 6) is 0.698. The average molecular weight is 547 g/mol. The van der Waals surface area contributed by atoms with Crippen molar-refractivity contribution in [1.82, 2.24) is 19.5 Å². The number of carbonyl (C=O) groups excluding carboxylic acids is 1. The molecule has 9 nitrogen and oxygen atoms in total. The molecule has 11 heteroatoms. The van der Waals surface area contributed by atoms with Crippen molar-refractivity contribution in [2.75, 3.05) is 10.6 Å². The fraction of sp³-hybridized carbons (Fsp3) is 0.538. The smallest absolute Gasteiger partial charge is 0.224 e. The molecule has 2 aliphatic rings. The van der Waals surface area contributed by atoms with Crippen molar-refractivity contribution in [2.24, 2.45) is 17.1 Å². The average Bonchev–Trinajstić information content (AvgIpc) is 3.21. The van der Waals surface area contributed by atoms with Crippen LogP contribution in [-0.4, -0.2) is 42.7 Å². The summed E-state index contributed by atoms with van der Waals surface area (Å²) in [5.41, 5.74) is 7.37. The highest BCUT2D eigenvalue weighted by molar-refractivity contribution is 6.39. The van der Waals surface area contributed by atoms with Crippen LogP contribution in [0.2, 0.25) is 10.0 Å². The van der Waals surface area contributed by atoms with E-state index in [1.807, 2.05) is 0 Å². The summed E-state index contributed by atoms with van der Waals surface area (Å²) in [4.78, 5) is 25.9. The molecule has 37 heavy (non-hydrogen) atoms. The number of primary amides is 1. The van der Waals surface area contributed by atoms with Gasteiger partial charge in [0.1, 0.15) is 5.52 Å². The largest absolute Gasteiger partial charge is 0.392 e. The van der Waals surface area contributed by atoms with Gasteiger partial charge in [-0.1, -0.05) is 43.1 Å². The molecule has 2 saturated carbocycles. The van der Waals surface area contributed by atoms with E-state index >= 15 is 0 Å². The fourth-order valence-corrected chi connectivity index (χ4v) is 5.97. The van der Waals surface area contributed by atoms with E-state index in [1.54, 1.807) is 24.4 Å². The van der Waals surface area contributed by atoms with Crippen LogP contribution in [0.25, 0.3) is 11.2 Å². The molecule has 5 N–H and O–H groups in total. The van der Waals surface area contributed by atoms with Gasteiger partial charge in [0.15, 0.2) is 5.65 Å². The van der Waals surface area contributed by atoms with Gasteiger partial charge in [-0.15, -0.1) is 0 Å². The van der Waals surface area contributed by atoms with Crippen molar-refractivity contribution in [3.63, 3.8) is 0 Å². The summed E-state index contributed by atoms with van der Waals surface area (Å²) in [7, 11) is 0. The lowest BCUT2D eigenvalue weighted by Gasteiger charge is -2.39. The van der Waals surface area contributed by atoms with Crippen LogP contribution in [0.1, 0.15) is 64.8 Å². The first-order valence-corrected chi connectivity index (χ1v) is 13.6. The zero-order chi connectivity index (χ0) is 26.3. The van der Waals surface area contributed by atoms with Crippen molar-refractivity contribution in [3.05, 3.63) is 34.4 Å². The summed E-state index contributed by atoms with van der Waals surface area (Å²) >= 11 is 12.9. The van der Waals surface area contributed by atoms with Gasteiger partial charge < -0.3 is 21.5 Å². The van der Waals surface area contributed by atoms with Crippen LogP contribution in [0.5, 0.6) is 0 Å². The molecule has 2 aliphatic carbocycles. The zero-order valence-corrected chi connectivity index (χ0v) is 22.6. The first-order chi connectivity index (χ1) is 17.6. The highest BCUT2D eigenvalue weighted by atomic mass is 35.5. The summed E-state index contributed by atoms with van der Waals surface area (Å²) in [6.45, 7) is 4.20. The number of benzene rings is 1. The van der Waals surface area contributed by atoms with Crippen molar-refractivity contribution in [1.29, 1.82) is 0 Å². The minimum atomic E-state index is -0.385. The molecule has 3 aromatic rings. The number of anilines is 3. The number of aliphatic hydroxyl groups is 1. The number of para-hydroxylation sites is 1. The number of carbonyl (C=O) groups is 1. The number of hydrogen-bond acceptors (Lipinski definition) is 7. The highest BCUT2D eigenvalue weighted by Crippen LogP contribution is 2.40. The molecule has 2 heterocycles. The molecule has 1 aromatic carbocycles. The molecule has 0 radical (unpaired) electrons. The van der Waals surface area contributed by atoms with E-state index in [9.17, 15) is 9.90 Å². The Kier molecular flexibility index (Phi) is 7.22. The van der Waals surface area contributed by atoms with Crippen LogP contribution >= 0.6 is 23.2 Å². The highest BCUT2D eigenvalue weighted by Gasteiger charge is 2.35. The number of nitrogens with zero attached hydrogens (tertiary/aromatic N) is 4. The Morgan fingerprint density at radius 3 is 2.49 bits per heavy atom. The second-order valence-electron chi connectivity index (χ2n) is 11.0. The number of aliphatic hydroxyl groups excluding tert-OH is 1. The van der Waals surface area contributed by atoms with Gasteiger partial charge in [-0.05, 0) is 62.5 Å². The van der Waals surface area contributed by atoms with Crippen molar-refractivity contribution >= 4 is 57.9 Å². The standard InChI is InChI=1S/C26H33Cl2N7O2/c1-26(2)11-10-15(12-20(26)36)31-24-30-13-19-23(34-24)35(16-8-6-14(7-9-16)22(29)37)25(32-19)33-21-17(27)4-3-5-18(21)28/h3-5,13-16,20,36H,6-12H2,1-2H3,(H2,29,37)(H,32,33)(H,30,31,34)/t14-,15-,16+,20-/m1/s1. The molecule has 1 amide bonds. The fourth-order valence-electron chi connectivity index (χ4n) is 5.47. The number of imidazole rings is 1. The summed E-state index contributed by atoms with van der Waals surface area (Å²) in [5, 5.41) is 18.3. The predicted octanol–water partition coefficient (Wildman–Crippen LogP) is 5.44. The molecule has 0 spiro atoms. The Morgan fingerprint density at radius 1 is 1.14 bits per heavy atom. The molecule has 0 aliphatic heterocycles. The van der Waals surface area contributed by atoms with E-state index in [-0.39, 0.29) is 35.4 Å². The van der Waals surface area contributed by atoms with Crippen LogP contribution in [0.15, 0.2) is 24.4 Å². The Morgan fingerprint density at radius 2 is 1.84 bits per heavy atom. The van der Waals surface area contributed by atoms with E-state index in [1.165, 1.54) is 0 Å². The van der Waals surface area contributed by atoms with E-state index in [0.29, 0.717) is 58.1 Å². The number of halogens is 2. The predicted molar refractivity (Wildman–Crippen MR) is 146 cm³/mol. The Labute approximate surface area is 226 Å². The molecular formula is C26H33Cl2N7O2. The van der Waals surface area contributed by atoms with E-state index in [2.05, 4.69) is 34.0 Å². The van der Waals surface area contributed by atoms with Gasteiger partial charge in [-0.25, -0.2) is 9.97 Å². The van der Waals surface area contributed by atoms with E-state index in [4.69, 9.17) is 38.9 Å². The lowest BCUT2D eigenvalue weighted by molar-refractivity contribution is -0.122. The lowest BCUT2D eigenvalue weighted by atomic mass is 9.73. The zero-order valence-electron chi connectivity index (χ0n) is 21.0. The van der Waals surface area contributed by atoms with Crippen molar-refractivity contribution in [2.45, 2.75) is 77.0 Å². The Balaban J connectivity index is 1.49. The van der Waals surface area contributed by atoms with Crippen LogP contribution in [0.3, 0.4) is 0 Å². The molecule has 2 atom stereocenters. The SMILES string of the molecule is CC1(C)CC[C@@H](Nc2ncc3nc(Nc4c(Cl)cccc4Cl)n([C@H]4CC[C@@H](C(N)=O)CC4)c3n2)C[C@H]1O. The summed E-state index contributed by atoms with van der Waals surface area (Å²) < 4.78 is 2.07. The molecule has 2 fully saturated rings. The first kappa shape index (κ1) is 26.0. The van der Waals surface area contributed by atoms with E-state index in [0.717, 1.165) is 25.7 Å². The molecule has 2 aromatic heterocycles. The quantitative estimate of drug-likeness (QED) is 0.324. The minimum Gasteiger partial charge on any atom is -0.392 e.